The van der Waals surface area contributed by atoms with Crippen molar-refractivity contribution >= 4 is 127 Å². The van der Waals surface area contributed by atoms with Gasteiger partial charge in [0.05, 0.1) is 76.6 Å². The number of carbonyl (C=O) groups excluding carboxylic acids is 5. The Balaban J connectivity index is 0.000000184. The molecule has 2 atom stereocenters. The van der Waals surface area contributed by atoms with Crippen LogP contribution in [0.1, 0.15) is 227 Å². The summed E-state index contributed by atoms with van der Waals surface area (Å²) in [7, 11) is 0. The van der Waals surface area contributed by atoms with Crippen molar-refractivity contribution in [1.29, 1.82) is 0 Å². The number of nitrogens with two attached hydrogens (primary N) is 2. The molecule has 18 N–H and O–H groups in total. The number of rotatable bonds is 38. The van der Waals surface area contributed by atoms with Gasteiger partial charge in [-0.25, -0.2) is 44.3 Å². The summed E-state index contributed by atoms with van der Waals surface area (Å²) in [6, 6.07) is 42.2. The molecular weight excluding hydrogens is 1880 g/mol. The first-order valence-electron chi connectivity index (χ1n) is 47.9. The van der Waals surface area contributed by atoms with Crippen LogP contribution in [0, 0.1) is 5.92 Å². The van der Waals surface area contributed by atoms with E-state index in [9.17, 15) is 92.7 Å². The first-order valence-corrected chi connectivity index (χ1v) is 47.9. The molecule has 0 radical (unpaired) electrons. The molecule has 146 heavy (non-hydrogen) atoms. The summed E-state index contributed by atoms with van der Waals surface area (Å²) in [5.41, 5.74) is 15.5. The summed E-state index contributed by atoms with van der Waals surface area (Å²) in [6.07, 6.45) is 21.8. The highest BCUT2D eigenvalue weighted by Gasteiger charge is 2.31. The molecule has 2 aliphatic heterocycles. The third-order valence-electron chi connectivity index (χ3n) is 24.6. The molecular formula is C106H109N17O23. The molecule has 40 heteroatoms. The second kappa shape index (κ2) is 50.7. The van der Waals surface area contributed by atoms with Crippen LogP contribution in [0.3, 0.4) is 0 Å². The number of aromatic nitrogens is 8. The lowest BCUT2D eigenvalue weighted by molar-refractivity contribution is -0.142. The van der Waals surface area contributed by atoms with E-state index in [4.69, 9.17) is 30.5 Å². The standard InChI is InChI=1S/C47H43N7O11.C27H25NO6.C19H19N7O6.C13H22N2/c48-47-53-42-41(44(60)54-47)52-28(24-51-42)13-9-25-7-10-26(11-8-25)35(57)21-27(45(61)62)12-18-38(58)49-19-2-1-3-20-50-43(59)34-6-4-5-33(40(34)46(63)64)39-31-16-14-29(55)22-36(31)65-37-23-30(56)15-17-32(37)39;1-2-3-4-5-13-28-26(31)21-8-6-7-20(25(21)27(32)33)24-18-11-9-16(29)14-22(18)34-23-15-17(30)10-12-19(23)24;20-19-25-15-14(17(30)26-19)23-11(8-22-15)7-21-10-3-1-9(2-4-10)16(29)24-12(18(31)32)5-6-13(27)28;1-3-7-12(8-4-1)14-11-15-13-9-5-2-6-10-13/h4-8,10-11,14-17,22-24,27,55H,1-3,9,12-13,18-21H2,(H,49,58)(H,50,59)(H,61,62)(H,63,64)(H3,48,51,53,54,60);6-12,14-15,29H,2-5,13H2,1H3,(H,28,31)(H,32,33);1-4,8,12,21H,5-7H2,(H,24,29)(H,27,28)(H,31,32)(H3,20,22,25,26,30);12-13H,1-10H2. The number of aromatic carboxylic acids is 2. The van der Waals surface area contributed by atoms with Crippen molar-refractivity contribution < 1.29 is 92.5 Å². The number of carbonyl (C=O) groups is 10. The fourth-order valence-corrected chi connectivity index (χ4v) is 17.1. The number of phenolic OH excluding ortho intramolecular Hbond substituents is 2. The van der Waals surface area contributed by atoms with Crippen molar-refractivity contribution in [2.75, 3.05) is 36.4 Å². The normalized spacial score (nSPS) is 12.9. The molecule has 6 aliphatic rings. The Bertz CT molecular complexity index is 7410. The Morgan fingerprint density at radius 2 is 0.979 bits per heavy atom. The maximum Gasteiger partial charge on any atom is 0.337 e. The quantitative estimate of drug-likeness (QED) is 0.00739. The number of benzene rings is 8. The van der Waals surface area contributed by atoms with Gasteiger partial charge < -0.3 is 82.6 Å². The van der Waals surface area contributed by atoms with Crippen LogP contribution in [-0.2, 0) is 38.6 Å². The minimum Gasteiger partial charge on any atom is -0.508 e. The molecule has 16 rings (SSSR count). The van der Waals surface area contributed by atoms with Crippen LogP contribution >= 0.6 is 0 Å². The number of unbranched alkanes of at least 4 members (excludes halogenated alkanes) is 5. The van der Waals surface area contributed by atoms with Crippen LogP contribution in [0.2, 0.25) is 0 Å². The SMILES string of the molecule is C(=NC1CCCCC1)=NC1CCCCC1.CCCCCCNC(=O)c1cccc(-c2c3ccc(=O)cc-3oc3cc(O)ccc23)c1C(=O)O.Nc1nc2ncc(CCc3ccc(C(=O)CC(CCC(=O)NCCCCCNC(=O)c4cccc(-c5c6ccc(=O)cc-6oc6cc(O)ccc56)c4C(=O)O)C(=O)O)cc3)nc2c(=O)[nH]1.Nc1nc2ncc(CNc3ccc(C(=O)NC(CCC(=O)O)C(=O)O)cc3)nc2c(=O)[nH]1. The molecule has 0 saturated heterocycles. The van der Waals surface area contributed by atoms with Crippen molar-refractivity contribution in [2.24, 2.45) is 15.9 Å². The van der Waals surface area contributed by atoms with Crippen molar-refractivity contribution in [2.45, 2.75) is 186 Å². The van der Waals surface area contributed by atoms with Crippen LogP contribution in [0.5, 0.6) is 11.5 Å². The number of hydrogen-bond acceptors (Lipinski definition) is 29. The van der Waals surface area contributed by atoms with Crippen molar-refractivity contribution in [3.8, 4) is 56.4 Å². The van der Waals surface area contributed by atoms with E-state index >= 15 is 0 Å². The molecule has 40 nitrogen and oxygen atoms in total. The Morgan fingerprint density at radius 1 is 0.493 bits per heavy atom. The Hall–Kier alpha value is -17.6. The van der Waals surface area contributed by atoms with Crippen LogP contribution in [-0.4, -0.2) is 179 Å². The number of aromatic amines is 2. The summed E-state index contributed by atoms with van der Waals surface area (Å²) < 4.78 is 11.7. The molecule has 0 spiro atoms. The minimum atomic E-state index is -1.34. The van der Waals surface area contributed by atoms with Gasteiger partial charge in [-0.1, -0.05) is 113 Å². The Morgan fingerprint density at radius 3 is 1.47 bits per heavy atom. The Labute approximate surface area is 832 Å². The molecule has 2 unspecified atom stereocenters. The zero-order valence-corrected chi connectivity index (χ0v) is 79.7. The molecule has 2 saturated carbocycles. The second-order valence-corrected chi connectivity index (χ2v) is 35.2. The summed E-state index contributed by atoms with van der Waals surface area (Å²) in [4.78, 5) is 210. The van der Waals surface area contributed by atoms with Gasteiger partial charge in [0.1, 0.15) is 40.2 Å². The first-order chi connectivity index (χ1) is 70.3. The number of ketones is 1. The van der Waals surface area contributed by atoms with E-state index in [-0.39, 0.29) is 170 Å². The van der Waals surface area contributed by atoms with Gasteiger partial charge in [0.2, 0.25) is 17.8 Å². The van der Waals surface area contributed by atoms with E-state index in [0.29, 0.717) is 119 Å². The first kappa shape index (κ1) is 106. The summed E-state index contributed by atoms with van der Waals surface area (Å²) in [6.45, 7) is 3.31. The number of carboxylic acids is 5. The minimum absolute atomic E-state index is 0.0329. The molecule has 6 aromatic carbocycles. The van der Waals surface area contributed by atoms with Crippen LogP contribution in [0.25, 0.3) is 89.2 Å². The molecule has 10 aromatic rings. The lowest BCUT2D eigenvalue weighted by Gasteiger charge is -2.18. The average Bonchev–Trinajstić information content (AvgIpc) is 0.747. The van der Waals surface area contributed by atoms with Gasteiger partial charge in [-0.15, -0.1) is 0 Å². The fourth-order valence-electron chi connectivity index (χ4n) is 17.1. The average molecular weight is 1990 g/mol. The predicted octanol–water partition coefficient (Wildman–Crippen LogP) is 14.2. The van der Waals surface area contributed by atoms with E-state index < -0.39 is 70.6 Å². The van der Waals surface area contributed by atoms with Crippen LogP contribution < -0.4 is 60.0 Å². The predicted molar refractivity (Wildman–Crippen MR) is 543 cm³/mol. The monoisotopic (exact) mass is 1990 g/mol. The number of aromatic hydroxyl groups is 2. The third kappa shape index (κ3) is 28.7. The molecule has 2 fully saturated rings. The highest BCUT2D eigenvalue weighted by atomic mass is 16.4. The van der Waals surface area contributed by atoms with Gasteiger partial charge in [-0.05, 0) is 179 Å². The van der Waals surface area contributed by atoms with Crippen molar-refractivity contribution in [3.05, 3.63) is 262 Å². The van der Waals surface area contributed by atoms with Crippen LogP contribution in [0.4, 0.5) is 17.6 Å². The number of H-pyrrole nitrogens is 2. The number of phenols is 2. The van der Waals surface area contributed by atoms with E-state index in [1.54, 1.807) is 78.9 Å². The molecule has 4 amide bonds. The molecule has 6 heterocycles. The maximum atomic E-state index is 13.4. The maximum absolute atomic E-state index is 13.4. The van der Waals surface area contributed by atoms with E-state index in [1.165, 1.54) is 155 Å². The summed E-state index contributed by atoms with van der Waals surface area (Å²) in [5, 5.41) is 82.9. The highest BCUT2D eigenvalue weighted by Crippen LogP contribution is 2.45. The molecule has 756 valence electrons. The number of amides is 4. The van der Waals surface area contributed by atoms with Crippen molar-refractivity contribution in [1.82, 2.24) is 61.1 Å². The third-order valence-corrected chi connectivity index (χ3v) is 24.6. The Kier molecular flexibility index (Phi) is 36.7. The van der Waals surface area contributed by atoms with Gasteiger partial charge in [0.25, 0.3) is 28.8 Å². The van der Waals surface area contributed by atoms with Gasteiger partial charge in [-0.3, -0.25) is 62.7 Å². The van der Waals surface area contributed by atoms with Gasteiger partial charge in [0.15, 0.2) is 39.0 Å². The van der Waals surface area contributed by atoms with Gasteiger partial charge in [0, 0.05) is 113 Å². The van der Waals surface area contributed by atoms with E-state index in [0.717, 1.165) is 31.2 Å². The number of carboxylic acid groups (broad SMARTS) is 5. The lowest BCUT2D eigenvalue weighted by Crippen LogP contribution is -2.41. The zero-order valence-electron chi connectivity index (χ0n) is 79.7. The zero-order chi connectivity index (χ0) is 104. The topological polar surface area (TPSA) is 653 Å². The molecule has 4 aromatic heterocycles. The smallest absolute Gasteiger partial charge is 0.337 e. The summed E-state index contributed by atoms with van der Waals surface area (Å²) in [5.74, 6) is -9.53. The summed E-state index contributed by atoms with van der Waals surface area (Å²) >= 11 is 0. The van der Waals surface area contributed by atoms with E-state index in [1.807, 2.05) is 0 Å². The number of anilines is 3. The fraction of sp³-hybridized carbons (Fsp3) is 0.311. The number of Topliss-reactive ketones (excluding diaryl/α,β-unsaturated/α-hetero) is 1. The van der Waals surface area contributed by atoms with E-state index in [2.05, 4.69) is 89.4 Å². The van der Waals surface area contributed by atoms with Crippen molar-refractivity contribution in [3.63, 3.8) is 0 Å². The number of aliphatic imine (C=N–C) groups is 2. The van der Waals surface area contributed by atoms with Crippen LogP contribution in [0.15, 0.2) is 208 Å². The largest absolute Gasteiger partial charge is 0.508 e. The number of nitrogen functional groups attached to an aromatic ring is 2. The van der Waals surface area contributed by atoms with Gasteiger partial charge >= 0.3 is 29.8 Å². The number of fused-ring (bicyclic) bond motifs is 6. The molecule has 4 aliphatic carbocycles. The number of hydrogen-bond donors (Lipinski definition) is 16. The van der Waals surface area contributed by atoms with Gasteiger partial charge in [-0.2, -0.15) is 9.97 Å². The second-order valence-electron chi connectivity index (χ2n) is 35.2. The number of nitrogens with zero attached hydrogens (tertiary/aromatic N) is 8. The number of aryl methyl sites for hydroxylation is 2. The highest BCUT2D eigenvalue weighted by molar-refractivity contribution is 6.15. The lowest BCUT2D eigenvalue weighted by atomic mass is 9.88. The number of nitrogens with one attached hydrogen (secondary N) is 7. The number of aliphatic carboxylic acids is 3. The molecule has 0 bridgehead atoms.